The van der Waals surface area contributed by atoms with Gasteiger partial charge in [0.25, 0.3) is 0 Å². The molecule has 1 aliphatic rings. The molecule has 0 atom stereocenters. The Labute approximate surface area is 213 Å². The van der Waals surface area contributed by atoms with Crippen LogP contribution in [-0.4, -0.2) is 22.1 Å². The van der Waals surface area contributed by atoms with Crippen LogP contribution in [0, 0.1) is 18.2 Å². The highest BCUT2D eigenvalue weighted by Gasteiger charge is 2.40. The summed E-state index contributed by atoms with van der Waals surface area (Å²) in [4.78, 5) is 17.4. The van der Waals surface area contributed by atoms with Crippen molar-refractivity contribution < 1.29 is 9.18 Å². The second kappa shape index (κ2) is 9.42. The van der Waals surface area contributed by atoms with Gasteiger partial charge in [-0.1, -0.05) is 42.8 Å². The number of rotatable bonds is 5. The number of aromatic amines is 1. The predicted molar refractivity (Wildman–Crippen MR) is 146 cm³/mol. The number of hydrogen-bond acceptors (Lipinski definition) is 5. The molecule has 8 nitrogen and oxygen atoms in total. The molecule has 0 spiro atoms. The lowest BCUT2D eigenvalue weighted by atomic mass is 10.0. The number of anilines is 2. The highest BCUT2D eigenvalue weighted by atomic mass is 19.1. The smallest absolute Gasteiger partial charge is 0.324 e. The molecule has 0 aliphatic heterocycles. The summed E-state index contributed by atoms with van der Waals surface area (Å²) in [6.45, 7) is 4.09. The Hall–Kier alpha value is -4.66. The molecule has 0 unspecified atom stereocenters. The van der Waals surface area contributed by atoms with Gasteiger partial charge < -0.3 is 16.8 Å². The van der Waals surface area contributed by atoms with Crippen molar-refractivity contribution in [1.82, 2.24) is 15.5 Å². The number of urea groups is 1. The number of carbonyl (C=O) groups excluding carboxylic acids is 1. The number of hydrogen-bond donors (Lipinski definition) is 5. The van der Waals surface area contributed by atoms with E-state index < -0.39 is 11.8 Å². The fraction of sp³-hybridized carbons (Fsp3) is 0.179. The average molecular weight is 498 g/mol. The van der Waals surface area contributed by atoms with E-state index >= 15 is 0 Å². The van der Waals surface area contributed by atoms with Gasteiger partial charge in [-0.05, 0) is 55.7 Å². The van der Waals surface area contributed by atoms with Crippen molar-refractivity contribution in [2.24, 2.45) is 16.1 Å². The zero-order valence-corrected chi connectivity index (χ0v) is 20.6. The molecule has 0 saturated heterocycles. The Bertz CT molecular complexity index is 1530. The van der Waals surface area contributed by atoms with Gasteiger partial charge in [0.05, 0.1) is 5.69 Å². The number of allylic oxidation sites excluding steroid dienone is 1. The van der Waals surface area contributed by atoms with Crippen LogP contribution in [0.3, 0.4) is 0 Å². The normalized spacial score (nSPS) is 15.0. The molecule has 1 aromatic heterocycles. The molecule has 3 aromatic carbocycles. The lowest BCUT2D eigenvalue weighted by molar-refractivity contribution is 0.256. The predicted octanol–water partition coefficient (Wildman–Crippen LogP) is 5.75. The van der Waals surface area contributed by atoms with Gasteiger partial charge in [0, 0.05) is 33.8 Å². The van der Waals surface area contributed by atoms with Gasteiger partial charge in [0.1, 0.15) is 11.4 Å². The van der Waals surface area contributed by atoms with Crippen LogP contribution in [0.4, 0.5) is 26.4 Å². The van der Waals surface area contributed by atoms with Crippen molar-refractivity contribution in [3.63, 3.8) is 0 Å². The van der Waals surface area contributed by atoms with Gasteiger partial charge in [-0.15, -0.1) is 0 Å². The number of aromatic nitrogens is 2. The second-order valence-corrected chi connectivity index (χ2v) is 9.61. The molecular weight excluding hydrogens is 469 g/mol. The number of H-pyrrole nitrogens is 1. The molecule has 1 fully saturated rings. The first-order valence-corrected chi connectivity index (χ1v) is 12.0. The number of aryl methyl sites for hydroxylation is 1. The number of nitrogens with two attached hydrogens (primary N) is 2. The van der Waals surface area contributed by atoms with Crippen molar-refractivity contribution >= 4 is 40.0 Å². The van der Waals surface area contributed by atoms with Gasteiger partial charge in [-0.25, -0.2) is 14.2 Å². The van der Waals surface area contributed by atoms with E-state index in [1.54, 1.807) is 42.5 Å². The maximum atomic E-state index is 15.0. The summed E-state index contributed by atoms with van der Waals surface area (Å²) in [5.74, 6) is 0.155. The van der Waals surface area contributed by atoms with Crippen molar-refractivity contribution in [2.45, 2.75) is 26.7 Å². The fourth-order valence-electron chi connectivity index (χ4n) is 3.96. The summed E-state index contributed by atoms with van der Waals surface area (Å²) < 4.78 is 15.0. The number of halogens is 1. The third kappa shape index (κ3) is 5.16. The number of nitrogens with zero attached hydrogens (tertiary/aromatic N) is 2. The largest absolute Gasteiger partial charge is 0.401 e. The topological polar surface area (TPSA) is 134 Å². The standard InChI is InChI=1S/C28H28FN7O/c1-16-3-7-18(8-4-16)32-23(15-22(30)28(2)13-14-28)34-27(37)33-19-9-5-17(6-10-19)20-11-12-21-25(24(20)29)35-36-26(21)31/h3-12,15H,13-14,30H2,1-2H3,(H3,31,35,36)(H2,32,33,34,37). The lowest BCUT2D eigenvalue weighted by Crippen LogP contribution is -2.34. The maximum Gasteiger partial charge on any atom is 0.324 e. The third-order valence-electron chi connectivity index (χ3n) is 6.67. The number of nitrogen functional groups attached to an aromatic ring is 1. The molecule has 0 radical (unpaired) electrons. The highest BCUT2D eigenvalue weighted by Crippen LogP contribution is 2.49. The van der Waals surface area contributed by atoms with Crippen LogP contribution in [0.2, 0.25) is 0 Å². The van der Waals surface area contributed by atoms with Gasteiger partial charge in [-0.2, -0.15) is 5.10 Å². The van der Waals surface area contributed by atoms with Crippen LogP contribution in [-0.2, 0) is 0 Å². The summed E-state index contributed by atoms with van der Waals surface area (Å²) in [5, 5.41) is 12.6. The first-order chi connectivity index (χ1) is 17.7. The quantitative estimate of drug-likeness (QED) is 0.177. The first kappa shape index (κ1) is 24.1. The zero-order chi connectivity index (χ0) is 26.2. The summed E-state index contributed by atoms with van der Waals surface area (Å²) in [5.41, 5.74) is 16.3. The van der Waals surface area contributed by atoms with E-state index in [2.05, 4.69) is 32.7 Å². The number of nitrogens with one attached hydrogen (secondary N) is 3. The van der Waals surface area contributed by atoms with Crippen molar-refractivity contribution in [1.29, 1.82) is 0 Å². The van der Waals surface area contributed by atoms with E-state index in [9.17, 15) is 9.18 Å². The summed E-state index contributed by atoms with van der Waals surface area (Å²) >= 11 is 0. The van der Waals surface area contributed by atoms with Gasteiger partial charge in [0.15, 0.2) is 11.6 Å². The molecule has 37 heavy (non-hydrogen) atoms. The molecule has 4 aromatic rings. The Morgan fingerprint density at radius 2 is 1.81 bits per heavy atom. The zero-order valence-electron chi connectivity index (χ0n) is 20.6. The van der Waals surface area contributed by atoms with Crippen LogP contribution in [0.1, 0.15) is 25.3 Å². The number of benzene rings is 3. The first-order valence-electron chi connectivity index (χ1n) is 12.0. The number of fused-ring (bicyclic) bond motifs is 1. The fourth-order valence-corrected chi connectivity index (χ4v) is 3.96. The Morgan fingerprint density at radius 3 is 2.49 bits per heavy atom. The Kier molecular flexibility index (Phi) is 6.12. The van der Waals surface area contributed by atoms with Crippen LogP contribution < -0.4 is 22.1 Å². The monoisotopic (exact) mass is 497 g/mol. The number of aliphatic imine (C=N–C) groups is 1. The van der Waals surface area contributed by atoms with Gasteiger partial charge in [-0.3, -0.25) is 10.4 Å². The average Bonchev–Trinajstić information content (AvgIpc) is 3.52. The molecule has 1 saturated carbocycles. The van der Waals surface area contributed by atoms with Gasteiger partial charge >= 0.3 is 6.03 Å². The minimum absolute atomic E-state index is 0.0533. The summed E-state index contributed by atoms with van der Waals surface area (Å²) in [7, 11) is 0. The number of amidine groups is 1. The van der Waals surface area contributed by atoms with E-state index in [1.165, 1.54) is 0 Å². The Balaban J connectivity index is 1.33. The molecular formula is C28H28FN7O. The molecule has 1 aliphatic carbocycles. The molecule has 5 rings (SSSR count). The van der Waals surface area contributed by atoms with Crippen molar-refractivity contribution in [2.75, 3.05) is 11.1 Å². The molecule has 1 heterocycles. The van der Waals surface area contributed by atoms with Crippen LogP contribution in [0.15, 0.2) is 77.4 Å². The van der Waals surface area contributed by atoms with E-state index in [4.69, 9.17) is 11.5 Å². The number of carbonyl (C=O) groups is 1. The van der Waals surface area contributed by atoms with E-state index in [-0.39, 0.29) is 16.7 Å². The molecule has 9 heteroatoms. The molecule has 0 bridgehead atoms. The SMILES string of the molecule is Cc1ccc(N=C(C=C(N)C2(C)CC2)NC(=O)Nc2ccc(-c3ccc4c(N)n[nH]c4c3F)cc2)cc1. The van der Waals surface area contributed by atoms with Gasteiger partial charge in [0.2, 0.25) is 0 Å². The molecule has 7 N–H and O–H groups in total. The minimum Gasteiger partial charge on any atom is -0.401 e. The minimum atomic E-state index is -0.468. The van der Waals surface area contributed by atoms with E-state index in [1.807, 2.05) is 31.2 Å². The van der Waals surface area contributed by atoms with Crippen LogP contribution >= 0.6 is 0 Å². The maximum absolute atomic E-state index is 15.0. The highest BCUT2D eigenvalue weighted by molar-refractivity contribution is 6.09. The molecule has 2 amide bonds. The van der Waals surface area contributed by atoms with Crippen molar-refractivity contribution in [3.05, 3.63) is 83.8 Å². The lowest BCUT2D eigenvalue weighted by Gasteiger charge is -2.12. The number of amides is 2. The summed E-state index contributed by atoms with van der Waals surface area (Å²) in [6, 6.07) is 17.4. The van der Waals surface area contributed by atoms with E-state index in [0.717, 1.165) is 18.4 Å². The van der Waals surface area contributed by atoms with Crippen LogP contribution in [0.5, 0.6) is 0 Å². The van der Waals surface area contributed by atoms with Crippen LogP contribution in [0.25, 0.3) is 22.0 Å². The third-order valence-corrected chi connectivity index (χ3v) is 6.67. The Morgan fingerprint density at radius 1 is 1.11 bits per heavy atom. The molecule has 188 valence electrons. The summed E-state index contributed by atoms with van der Waals surface area (Å²) in [6.07, 6.45) is 3.73. The van der Waals surface area contributed by atoms with E-state index in [0.29, 0.717) is 39.4 Å². The second-order valence-electron chi connectivity index (χ2n) is 9.61. The van der Waals surface area contributed by atoms with Crippen molar-refractivity contribution in [3.8, 4) is 11.1 Å².